The van der Waals surface area contributed by atoms with Gasteiger partial charge in [-0.1, -0.05) is 19.1 Å². The van der Waals surface area contributed by atoms with E-state index in [0.29, 0.717) is 5.56 Å². The quantitative estimate of drug-likeness (QED) is 0.804. The lowest BCUT2D eigenvalue weighted by atomic mass is 9.99. The summed E-state index contributed by atoms with van der Waals surface area (Å²) >= 11 is 0.985. The Morgan fingerprint density at radius 1 is 1.23 bits per heavy atom. The molecular formula is C14H16F3NO3S. The van der Waals surface area contributed by atoms with E-state index >= 15 is 0 Å². The normalized spacial score (nSPS) is 12.7. The van der Waals surface area contributed by atoms with Crippen molar-refractivity contribution in [1.29, 1.82) is 0 Å². The molecule has 0 heterocycles. The fraction of sp³-hybridized carbons (Fsp3) is 0.429. The maximum atomic E-state index is 12.4. The number of hydrogen-bond acceptors (Lipinski definition) is 3. The lowest BCUT2D eigenvalue weighted by Gasteiger charge is -2.14. The van der Waals surface area contributed by atoms with Crippen molar-refractivity contribution in [3.8, 4) is 0 Å². The van der Waals surface area contributed by atoms with Gasteiger partial charge in [-0.2, -0.15) is 13.2 Å². The summed E-state index contributed by atoms with van der Waals surface area (Å²) in [7, 11) is 0. The number of amides is 1. The van der Waals surface area contributed by atoms with Gasteiger partial charge in [-0.3, -0.25) is 9.59 Å². The molecule has 22 heavy (non-hydrogen) atoms. The molecule has 1 atom stereocenters. The number of benzene rings is 1. The van der Waals surface area contributed by atoms with Gasteiger partial charge in [0.2, 0.25) is 5.91 Å². The SMILES string of the molecule is CC(CNC(=O)CSCC(=O)O)c1ccc(C(F)(F)F)cc1. The minimum atomic E-state index is -4.36. The third kappa shape index (κ3) is 6.38. The molecule has 1 unspecified atom stereocenters. The van der Waals surface area contributed by atoms with Gasteiger partial charge in [0, 0.05) is 6.54 Å². The average molecular weight is 335 g/mol. The van der Waals surface area contributed by atoms with Gasteiger partial charge < -0.3 is 10.4 Å². The molecule has 1 aromatic rings. The summed E-state index contributed by atoms with van der Waals surface area (Å²) in [5.74, 6) is -1.55. The second kappa shape index (κ2) is 8.07. The van der Waals surface area contributed by atoms with Gasteiger partial charge >= 0.3 is 12.1 Å². The van der Waals surface area contributed by atoms with Crippen LogP contribution in [0.15, 0.2) is 24.3 Å². The molecule has 0 saturated carbocycles. The lowest BCUT2D eigenvalue weighted by Crippen LogP contribution is -2.29. The van der Waals surface area contributed by atoms with Crippen LogP contribution < -0.4 is 5.32 Å². The number of thioether (sulfide) groups is 1. The number of aliphatic carboxylic acids is 1. The van der Waals surface area contributed by atoms with E-state index in [-0.39, 0.29) is 29.9 Å². The summed E-state index contributed by atoms with van der Waals surface area (Å²) in [5.41, 5.74) is -0.0240. The Bertz CT molecular complexity index is 517. The molecule has 0 radical (unpaired) electrons. The van der Waals surface area contributed by atoms with Gasteiger partial charge in [0.15, 0.2) is 0 Å². The van der Waals surface area contributed by atoms with E-state index in [0.717, 1.165) is 23.9 Å². The summed E-state index contributed by atoms with van der Waals surface area (Å²) in [6, 6.07) is 4.80. The van der Waals surface area contributed by atoms with Crippen molar-refractivity contribution in [2.75, 3.05) is 18.1 Å². The van der Waals surface area contributed by atoms with Crippen molar-refractivity contribution < 1.29 is 27.9 Å². The summed E-state index contributed by atoms with van der Waals surface area (Å²) in [4.78, 5) is 21.8. The minimum Gasteiger partial charge on any atom is -0.481 e. The van der Waals surface area contributed by atoms with Gasteiger partial charge in [-0.15, -0.1) is 11.8 Å². The van der Waals surface area contributed by atoms with Crippen molar-refractivity contribution in [2.45, 2.75) is 19.0 Å². The molecule has 0 aliphatic carbocycles. The number of rotatable bonds is 7. The highest BCUT2D eigenvalue weighted by Gasteiger charge is 2.30. The predicted molar refractivity (Wildman–Crippen MR) is 77.8 cm³/mol. The molecule has 1 rings (SSSR count). The zero-order chi connectivity index (χ0) is 16.8. The van der Waals surface area contributed by atoms with Crippen molar-refractivity contribution in [3.05, 3.63) is 35.4 Å². The van der Waals surface area contributed by atoms with Crippen LogP contribution in [0.3, 0.4) is 0 Å². The summed E-state index contributed by atoms with van der Waals surface area (Å²) in [6.45, 7) is 2.06. The first-order chi connectivity index (χ1) is 10.2. The number of carbonyl (C=O) groups excluding carboxylic acids is 1. The van der Waals surface area contributed by atoms with Gasteiger partial charge in [0.05, 0.1) is 17.1 Å². The molecule has 0 spiro atoms. The lowest BCUT2D eigenvalue weighted by molar-refractivity contribution is -0.137. The van der Waals surface area contributed by atoms with Gasteiger partial charge in [-0.05, 0) is 23.6 Å². The second-order valence-electron chi connectivity index (χ2n) is 4.71. The maximum Gasteiger partial charge on any atom is 0.416 e. The number of carboxylic acid groups (broad SMARTS) is 1. The van der Waals surface area contributed by atoms with Crippen LogP contribution in [0, 0.1) is 0 Å². The number of alkyl halides is 3. The van der Waals surface area contributed by atoms with E-state index in [1.54, 1.807) is 6.92 Å². The van der Waals surface area contributed by atoms with Crippen LogP contribution in [-0.2, 0) is 15.8 Å². The first-order valence-electron chi connectivity index (χ1n) is 6.43. The number of carbonyl (C=O) groups is 2. The Morgan fingerprint density at radius 2 is 1.82 bits per heavy atom. The first kappa shape index (κ1) is 18.3. The van der Waals surface area contributed by atoms with Gasteiger partial charge in [0.1, 0.15) is 0 Å². The largest absolute Gasteiger partial charge is 0.481 e. The van der Waals surface area contributed by atoms with Crippen LogP contribution in [0.2, 0.25) is 0 Å². The molecule has 122 valence electrons. The van der Waals surface area contributed by atoms with Crippen LogP contribution in [0.25, 0.3) is 0 Å². The summed E-state index contributed by atoms with van der Waals surface area (Å²) in [6.07, 6.45) is -4.36. The van der Waals surface area contributed by atoms with Gasteiger partial charge in [0.25, 0.3) is 0 Å². The Balaban J connectivity index is 2.43. The molecular weight excluding hydrogens is 319 g/mol. The van der Waals surface area contributed by atoms with Crippen LogP contribution >= 0.6 is 11.8 Å². The van der Waals surface area contributed by atoms with E-state index < -0.39 is 17.7 Å². The van der Waals surface area contributed by atoms with Crippen molar-refractivity contribution in [2.24, 2.45) is 0 Å². The number of carboxylic acids is 1. The zero-order valence-electron chi connectivity index (χ0n) is 11.8. The van der Waals surface area contributed by atoms with Crippen LogP contribution in [0.5, 0.6) is 0 Å². The number of halogens is 3. The third-order valence-corrected chi connectivity index (χ3v) is 3.79. The zero-order valence-corrected chi connectivity index (χ0v) is 12.6. The molecule has 0 saturated heterocycles. The fourth-order valence-electron chi connectivity index (χ4n) is 1.67. The molecule has 1 amide bonds. The summed E-state index contributed by atoms with van der Waals surface area (Å²) < 4.78 is 37.3. The molecule has 0 aromatic heterocycles. The van der Waals surface area contributed by atoms with Crippen molar-refractivity contribution in [1.82, 2.24) is 5.32 Å². The molecule has 8 heteroatoms. The summed E-state index contributed by atoms with van der Waals surface area (Å²) in [5, 5.41) is 11.1. The van der Waals surface area contributed by atoms with Crippen LogP contribution in [0.1, 0.15) is 24.0 Å². The maximum absolute atomic E-state index is 12.4. The van der Waals surface area contributed by atoms with Crippen molar-refractivity contribution >= 4 is 23.6 Å². The first-order valence-corrected chi connectivity index (χ1v) is 7.59. The van der Waals surface area contributed by atoms with E-state index in [2.05, 4.69) is 5.32 Å². The fourth-order valence-corrected chi connectivity index (χ4v) is 2.23. The molecule has 0 aliphatic rings. The topological polar surface area (TPSA) is 66.4 Å². The third-order valence-electron chi connectivity index (χ3n) is 2.87. The van der Waals surface area contributed by atoms with E-state index in [1.807, 2.05) is 0 Å². The van der Waals surface area contributed by atoms with Gasteiger partial charge in [-0.25, -0.2) is 0 Å². The highest BCUT2D eigenvalue weighted by atomic mass is 32.2. The number of nitrogens with one attached hydrogen (secondary N) is 1. The smallest absolute Gasteiger partial charge is 0.416 e. The highest BCUT2D eigenvalue weighted by molar-refractivity contribution is 8.00. The van der Waals surface area contributed by atoms with E-state index in [9.17, 15) is 22.8 Å². The molecule has 2 N–H and O–H groups in total. The predicted octanol–water partition coefficient (Wildman–Crippen LogP) is 2.74. The Hall–Kier alpha value is -1.70. The average Bonchev–Trinajstić information content (AvgIpc) is 2.43. The number of hydrogen-bond donors (Lipinski definition) is 2. The van der Waals surface area contributed by atoms with Crippen LogP contribution in [-0.4, -0.2) is 35.0 Å². The Labute approximate surface area is 130 Å². The molecule has 0 bridgehead atoms. The monoisotopic (exact) mass is 335 g/mol. The Kier molecular flexibility index (Phi) is 6.73. The molecule has 1 aromatic carbocycles. The van der Waals surface area contributed by atoms with Crippen LogP contribution in [0.4, 0.5) is 13.2 Å². The van der Waals surface area contributed by atoms with E-state index in [1.165, 1.54) is 12.1 Å². The molecule has 0 aliphatic heterocycles. The molecule has 4 nitrogen and oxygen atoms in total. The van der Waals surface area contributed by atoms with Crippen molar-refractivity contribution in [3.63, 3.8) is 0 Å². The molecule has 0 fully saturated rings. The highest BCUT2D eigenvalue weighted by Crippen LogP contribution is 2.30. The minimum absolute atomic E-state index is 0.0338. The standard InChI is InChI=1S/C14H16F3NO3S/c1-9(6-18-12(19)7-22-8-13(20)21)10-2-4-11(5-3-10)14(15,16)17/h2-5,9H,6-8H2,1H3,(H,18,19)(H,20,21). The Morgan fingerprint density at radius 3 is 2.32 bits per heavy atom. The second-order valence-corrected chi connectivity index (χ2v) is 5.70. The van der Waals surface area contributed by atoms with E-state index in [4.69, 9.17) is 5.11 Å².